The third-order valence-corrected chi connectivity index (χ3v) is 3.88. The molecule has 2 rings (SSSR count). The summed E-state index contributed by atoms with van der Waals surface area (Å²) in [5.41, 5.74) is -0.0386. The number of anilines is 1. The van der Waals surface area contributed by atoms with Crippen molar-refractivity contribution in [2.45, 2.75) is 6.04 Å². The van der Waals surface area contributed by atoms with E-state index in [4.69, 9.17) is 5.11 Å². The molecule has 0 fully saturated rings. The predicted octanol–water partition coefficient (Wildman–Crippen LogP) is 1.25. The Labute approximate surface area is 103 Å². The maximum Gasteiger partial charge on any atom is 0.337 e. The first-order valence-corrected chi connectivity index (χ1v) is 6.79. The molecule has 0 radical (unpaired) electrons. The van der Waals surface area contributed by atoms with E-state index in [0.29, 0.717) is 0 Å². The Bertz CT molecular complexity index is 624. The molecule has 1 heterocycles. The van der Waals surface area contributed by atoms with E-state index in [1.54, 1.807) is 0 Å². The van der Waals surface area contributed by atoms with Crippen LogP contribution >= 0.6 is 0 Å². The van der Waals surface area contributed by atoms with Crippen LogP contribution in [0.3, 0.4) is 0 Å². The van der Waals surface area contributed by atoms with Crippen LogP contribution in [0.5, 0.6) is 0 Å². The Kier molecular flexibility index (Phi) is 3.08. The van der Waals surface area contributed by atoms with E-state index in [2.05, 4.69) is 5.32 Å². The lowest BCUT2D eigenvalue weighted by Crippen LogP contribution is -2.22. The van der Waals surface area contributed by atoms with Gasteiger partial charge in [0.15, 0.2) is 9.84 Å². The highest BCUT2D eigenvalue weighted by atomic mass is 32.2. The molecule has 18 heavy (non-hydrogen) atoms. The summed E-state index contributed by atoms with van der Waals surface area (Å²) in [5, 5.41) is 12.8. The summed E-state index contributed by atoms with van der Waals surface area (Å²) in [4.78, 5) is 10.9. The van der Waals surface area contributed by atoms with Crippen molar-refractivity contribution in [1.82, 2.24) is 0 Å². The molecule has 0 aromatic heterocycles. The van der Waals surface area contributed by atoms with E-state index in [1.807, 2.05) is 0 Å². The van der Waals surface area contributed by atoms with Gasteiger partial charge in [-0.05, 0) is 18.2 Å². The lowest BCUT2D eigenvalue weighted by molar-refractivity contribution is 0.0697. The van der Waals surface area contributed by atoms with Gasteiger partial charge in [0.1, 0.15) is 5.82 Å². The third kappa shape index (κ3) is 2.67. The minimum absolute atomic E-state index is 0.135. The number of nitrogens with one attached hydrogen (secondary N) is 1. The molecule has 2 N–H and O–H groups in total. The van der Waals surface area contributed by atoms with Gasteiger partial charge in [0.05, 0.1) is 17.4 Å². The molecule has 0 saturated heterocycles. The van der Waals surface area contributed by atoms with Crippen molar-refractivity contribution in [2.24, 2.45) is 0 Å². The second kappa shape index (κ2) is 4.41. The second-order valence-electron chi connectivity index (χ2n) is 3.90. The topological polar surface area (TPSA) is 83.5 Å². The van der Waals surface area contributed by atoms with Crippen LogP contribution in [0.15, 0.2) is 29.7 Å². The highest BCUT2D eigenvalue weighted by Crippen LogP contribution is 2.20. The highest BCUT2D eigenvalue weighted by Gasteiger charge is 2.23. The number of benzene rings is 1. The first-order valence-electron chi connectivity index (χ1n) is 5.08. The van der Waals surface area contributed by atoms with Crippen LogP contribution in [0.25, 0.3) is 0 Å². The van der Waals surface area contributed by atoms with Gasteiger partial charge in [-0.3, -0.25) is 0 Å². The fourth-order valence-corrected chi connectivity index (χ4v) is 2.92. The van der Waals surface area contributed by atoms with Crippen LogP contribution < -0.4 is 5.32 Å². The van der Waals surface area contributed by atoms with Crippen molar-refractivity contribution in [3.8, 4) is 0 Å². The van der Waals surface area contributed by atoms with Crippen LogP contribution in [0.2, 0.25) is 0 Å². The van der Waals surface area contributed by atoms with E-state index >= 15 is 0 Å². The number of aromatic carboxylic acids is 1. The number of hydrogen-bond donors (Lipinski definition) is 2. The number of carboxylic acids is 1. The van der Waals surface area contributed by atoms with Crippen molar-refractivity contribution >= 4 is 21.5 Å². The van der Waals surface area contributed by atoms with Gasteiger partial charge >= 0.3 is 5.97 Å². The summed E-state index contributed by atoms with van der Waals surface area (Å²) < 4.78 is 35.3. The standard InChI is InChI=1S/C11H10FNO4S/c12-7-1-2-10(9(5-7)11(14)15)13-8-3-4-18(16,17)6-8/h1-5,8,13H,6H2,(H,14,15). The number of rotatable bonds is 3. The van der Waals surface area contributed by atoms with Gasteiger partial charge in [-0.1, -0.05) is 6.08 Å². The van der Waals surface area contributed by atoms with E-state index in [-0.39, 0.29) is 17.0 Å². The zero-order chi connectivity index (χ0) is 13.3. The summed E-state index contributed by atoms with van der Waals surface area (Å²) in [6, 6.07) is 2.77. The molecule has 7 heteroatoms. The van der Waals surface area contributed by atoms with Gasteiger partial charge in [-0.25, -0.2) is 17.6 Å². The summed E-state index contributed by atoms with van der Waals surface area (Å²) in [5.74, 6) is -2.07. The molecule has 1 aliphatic heterocycles. The van der Waals surface area contributed by atoms with Gasteiger partial charge < -0.3 is 10.4 Å². The van der Waals surface area contributed by atoms with E-state index < -0.39 is 27.7 Å². The number of sulfone groups is 1. The van der Waals surface area contributed by atoms with Crippen molar-refractivity contribution < 1.29 is 22.7 Å². The molecule has 5 nitrogen and oxygen atoms in total. The largest absolute Gasteiger partial charge is 0.478 e. The molecule has 1 aliphatic rings. The monoisotopic (exact) mass is 271 g/mol. The molecular formula is C11H10FNO4S. The average Bonchev–Trinajstić information content (AvgIpc) is 2.60. The van der Waals surface area contributed by atoms with Gasteiger partial charge in [0, 0.05) is 11.1 Å². The summed E-state index contributed by atoms with van der Waals surface area (Å²) in [6.07, 6.45) is 1.43. The number of hydrogen-bond acceptors (Lipinski definition) is 4. The maximum absolute atomic E-state index is 12.9. The Hall–Kier alpha value is -1.89. The normalized spacial score (nSPS) is 20.8. The summed E-state index contributed by atoms with van der Waals surface area (Å²) in [6.45, 7) is 0. The molecule has 96 valence electrons. The number of halogens is 1. The molecule has 1 unspecified atom stereocenters. The van der Waals surface area contributed by atoms with Crippen LogP contribution in [-0.4, -0.2) is 31.3 Å². The van der Waals surface area contributed by atoms with Crippen LogP contribution in [0.4, 0.5) is 10.1 Å². The molecule has 1 aromatic carbocycles. The average molecular weight is 271 g/mol. The summed E-state index contributed by atoms with van der Waals surface area (Å²) >= 11 is 0. The van der Waals surface area contributed by atoms with Gasteiger partial charge in [0.25, 0.3) is 0 Å². The fraction of sp³-hybridized carbons (Fsp3) is 0.182. The zero-order valence-electron chi connectivity index (χ0n) is 9.13. The number of carbonyl (C=O) groups is 1. The molecule has 0 bridgehead atoms. The molecule has 1 aromatic rings. The van der Waals surface area contributed by atoms with Gasteiger partial charge in [0.2, 0.25) is 0 Å². The predicted molar refractivity (Wildman–Crippen MR) is 63.7 cm³/mol. The van der Waals surface area contributed by atoms with Gasteiger partial charge in [-0.2, -0.15) is 0 Å². The quantitative estimate of drug-likeness (QED) is 0.864. The highest BCUT2D eigenvalue weighted by molar-refractivity contribution is 7.94. The fourth-order valence-electron chi connectivity index (χ4n) is 1.68. The first-order chi connectivity index (χ1) is 8.37. The molecule has 0 spiro atoms. The van der Waals surface area contributed by atoms with Crippen molar-refractivity contribution in [3.63, 3.8) is 0 Å². The molecule has 0 saturated carbocycles. The Balaban J connectivity index is 2.25. The summed E-state index contributed by atoms with van der Waals surface area (Å²) in [7, 11) is -3.22. The lowest BCUT2D eigenvalue weighted by Gasteiger charge is -2.13. The third-order valence-electron chi connectivity index (χ3n) is 2.48. The van der Waals surface area contributed by atoms with Crippen LogP contribution in [-0.2, 0) is 9.84 Å². The van der Waals surface area contributed by atoms with E-state index in [9.17, 15) is 17.6 Å². The molecule has 0 amide bonds. The van der Waals surface area contributed by atoms with Crippen LogP contribution in [0.1, 0.15) is 10.4 Å². The van der Waals surface area contributed by atoms with Crippen molar-refractivity contribution in [3.05, 3.63) is 41.1 Å². The number of carboxylic acid groups (broad SMARTS) is 1. The zero-order valence-corrected chi connectivity index (χ0v) is 9.95. The maximum atomic E-state index is 12.9. The lowest BCUT2D eigenvalue weighted by atomic mass is 10.1. The van der Waals surface area contributed by atoms with E-state index in [1.165, 1.54) is 12.1 Å². The smallest absolute Gasteiger partial charge is 0.337 e. The van der Waals surface area contributed by atoms with Gasteiger partial charge in [-0.15, -0.1) is 0 Å². The van der Waals surface area contributed by atoms with Crippen LogP contribution in [0, 0.1) is 5.82 Å². The second-order valence-corrected chi connectivity index (χ2v) is 5.84. The SMILES string of the molecule is O=C(O)c1cc(F)ccc1NC1C=CS(=O)(=O)C1. The Morgan fingerprint density at radius 2 is 2.17 bits per heavy atom. The Morgan fingerprint density at radius 3 is 2.72 bits per heavy atom. The molecular weight excluding hydrogens is 261 g/mol. The molecule has 0 aliphatic carbocycles. The molecule has 1 atom stereocenters. The minimum atomic E-state index is -3.22. The minimum Gasteiger partial charge on any atom is -0.478 e. The van der Waals surface area contributed by atoms with Crippen molar-refractivity contribution in [1.29, 1.82) is 0 Å². The van der Waals surface area contributed by atoms with Crippen molar-refractivity contribution in [2.75, 3.05) is 11.1 Å². The first kappa shape index (κ1) is 12.6. The van der Waals surface area contributed by atoms with E-state index in [0.717, 1.165) is 17.5 Å². The Morgan fingerprint density at radius 1 is 1.44 bits per heavy atom.